The number of nitrogens with one attached hydrogen (secondary N) is 1. The Labute approximate surface area is 202 Å². The normalized spacial score (nSPS) is 10.5. The first-order valence-electron chi connectivity index (χ1n) is 11.9. The Morgan fingerprint density at radius 3 is 2.35 bits per heavy atom. The lowest BCUT2D eigenvalue weighted by molar-refractivity contribution is -0.131. The molecule has 3 aromatic rings. The Bertz CT molecular complexity index is 996. The van der Waals surface area contributed by atoms with E-state index < -0.39 is 0 Å². The smallest absolute Gasteiger partial charge is 0.227 e. The monoisotopic (exact) mass is 461 g/mol. The predicted molar refractivity (Wildman–Crippen MR) is 136 cm³/mol. The first kappa shape index (κ1) is 25.1. The third-order valence-corrected chi connectivity index (χ3v) is 5.70. The Morgan fingerprint density at radius 1 is 0.853 bits per heavy atom. The van der Waals surface area contributed by atoms with Gasteiger partial charge in [-0.05, 0) is 48.2 Å². The van der Waals surface area contributed by atoms with Crippen molar-refractivity contribution < 1.29 is 14.3 Å². The maximum Gasteiger partial charge on any atom is 0.227 e. The Hall–Kier alpha value is -3.54. The lowest BCUT2D eigenvalue weighted by Crippen LogP contribution is -2.32. The van der Waals surface area contributed by atoms with Crippen LogP contribution in [0.3, 0.4) is 0 Å². The molecule has 0 aliphatic carbocycles. The van der Waals surface area contributed by atoms with Crippen molar-refractivity contribution in [3.8, 4) is 11.5 Å². The number of rotatable bonds is 14. The molecule has 2 aromatic carbocycles. The molecule has 0 fully saturated rings. The average Bonchev–Trinajstić information content (AvgIpc) is 2.88. The van der Waals surface area contributed by atoms with Gasteiger partial charge in [0.2, 0.25) is 5.91 Å². The summed E-state index contributed by atoms with van der Waals surface area (Å²) in [5.74, 6) is 2.41. The number of amides is 1. The van der Waals surface area contributed by atoms with E-state index in [1.807, 2.05) is 71.6 Å². The number of hydrogen-bond donors (Lipinski definition) is 1. The molecule has 1 heterocycles. The third kappa shape index (κ3) is 8.10. The van der Waals surface area contributed by atoms with Crippen LogP contribution in [0.1, 0.15) is 36.8 Å². The molecule has 0 bridgehead atoms. The molecule has 1 aromatic heterocycles. The molecule has 0 atom stereocenters. The summed E-state index contributed by atoms with van der Waals surface area (Å²) in [6.07, 6.45) is 6.42. The summed E-state index contributed by atoms with van der Waals surface area (Å²) in [5.41, 5.74) is 2.06. The largest absolute Gasteiger partial charge is 0.493 e. The molecule has 0 aliphatic rings. The summed E-state index contributed by atoms with van der Waals surface area (Å²) >= 11 is 0. The molecular formula is C28H35N3O3. The molecule has 6 nitrogen and oxygen atoms in total. The van der Waals surface area contributed by atoms with E-state index in [2.05, 4.69) is 10.3 Å². The topological polar surface area (TPSA) is 63.7 Å². The molecule has 34 heavy (non-hydrogen) atoms. The molecule has 0 aliphatic heterocycles. The number of carbonyl (C=O) groups excluding carboxylic acids is 1. The van der Waals surface area contributed by atoms with Crippen LogP contribution in [0.15, 0.2) is 72.9 Å². The number of pyridine rings is 1. The van der Waals surface area contributed by atoms with Crippen molar-refractivity contribution in [1.29, 1.82) is 0 Å². The van der Waals surface area contributed by atoms with Gasteiger partial charge < -0.3 is 19.7 Å². The van der Waals surface area contributed by atoms with Crippen molar-refractivity contribution in [3.63, 3.8) is 0 Å². The highest BCUT2D eigenvalue weighted by molar-refractivity contribution is 5.78. The van der Waals surface area contributed by atoms with Gasteiger partial charge in [0.05, 0.1) is 20.6 Å². The number of ether oxygens (including phenoxy) is 2. The minimum absolute atomic E-state index is 0.137. The zero-order valence-electron chi connectivity index (χ0n) is 20.2. The fraction of sp³-hybridized carbons (Fsp3) is 0.357. The van der Waals surface area contributed by atoms with Crippen molar-refractivity contribution in [2.45, 2.75) is 38.6 Å². The second kappa shape index (κ2) is 13.9. The number of methoxy groups -OCH3 is 2. The average molecular weight is 462 g/mol. The number of aromatic nitrogens is 1. The van der Waals surface area contributed by atoms with Crippen molar-refractivity contribution in [2.75, 3.05) is 32.6 Å². The highest BCUT2D eigenvalue weighted by atomic mass is 16.5. The fourth-order valence-electron chi connectivity index (χ4n) is 3.84. The van der Waals surface area contributed by atoms with Crippen LogP contribution in [0.2, 0.25) is 0 Å². The van der Waals surface area contributed by atoms with E-state index in [0.717, 1.165) is 55.7 Å². The molecule has 3 rings (SSSR count). The highest BCUT2D eigenvalue weighted by Gasteiger charge is 2.16. The third-order valence-electron chi connectivity index (χ3n) is 5.70. The Balaban J connectivity index is 1.52. The van der Waals surface area contributed by atoms with Crippen LogP contribution >= 0.6 is 0 Å². The van der Waals surface area contributed by atoms with E-state index in [4.69, 9.17) is 9.47 Å². The minimum atomic E-state index is 0.137. The van der Waals surface area contributed by atoms with Crippen LogP contribution in [0, 0.1) is 0 Å². The molecule has 0 unspecified atom stereocenters. The molecule has 6 heteroatoms. The highest BCUT2D eigenvalue weighted by Crippen LogP contribution is 2.28. The second-order valence-electron chi connectivity index (χ2n) is 8.22. The van der Waals surface area contributed by atoms with Crippen LogP contribution in [0.4, 0.5) is 5.82 Å². The predicted octanol–water partition coefficient (Wildman–Crippen LogP) is 5.34. The summed E-state index contributed by atoms with van der Waals surface area (Å²) in [6, 6.07) is 21.6. The van der Waals surface area contributed by atoms with Gasteiger partial charge in [0.25, 0.3) is 0 Å². The number of carbonyl (C=O) groups is 1. The zero-order valence-corrected chi connectivity index (χ0v) is 20.2. The van der Waals surface area contributed by atoms with Crippen molar-refractivity contribution >= 4 is 11.7 Å². The summed E-state index contributed by atoms with van der Waals surface area (Å²) in [5, 5.41) is 3.34. The molecule has 1 N–H and O–H groups in total. The summed E-state index contributed by atoms with van der Waals surface area (Å²) in [7, 11) is 3.25. The molecular weight excluding hydrogens is 426 g/mol. The van der Waals surface area contributed by atoms with E-state index >= 15 is 0 Å². The van der Waals surface area contributed by atoms with Gasteiger partial charge in [-0.1, -0.05) is 55.3 Å². The van der Waals surface area contributed by atoms with Crippen LogP contribution < -0.4 is 14.8 Å². The van der Waals surface area contributed by atoms with Crippen molar-refractivity contribution in [1.82, 2.24) is 9.88 Å². The molecule has 0 saturated heterocycles. The quantitative estimate of drug-likeness (QED) is 0.328. The lowest BCUT2D eigenvalue weighted by Gasteiger charge is -2.24. The summed E-state index contributed by atoms with van der Waals surface area (Å²) in [6.45, 7) is 2.18. The number of unbranched alkanes of at least 4 members (excludes halogenated alkanes) is 3. The van der Waals surface area contributed by atoms with Gasteiger partial charge in [-0.25, -0.2) is 4.98 Å². The van der Waals surface area contributed by atoms with Crippen molar-refractivity contribution in [2.24, 2.45) is 0 Å². The molecule has 0 spiro atoms. The van der Waals surface area contributed by atoms with Gasteiger partial charge in [0.1, 0.15) is 5.82 Å². The van der Waals surface area contributed by atoms with Gasteiger partial charge >= 0.3 is 0 Å². The van der Waals surface area contributed by atoms with E-state index in [-0.39, 0.29) is 5.91 Å². The maximum absolute atomic E-state index is 13.2. The van der Waals surface area contributed by atoms with Gasteiger partial charge in [-0.2, -0.15) is 0 Å². The van der Waals surface area contributed by atoms with Crippen molar-refractivity contribution in [3.05, 3.63) is 84.1 Å². The fourth-order valence-corrected chi connectivity index (χ4v) is 3.84. The van der Waals surface area contributed by atoms with Crippen LogP contribution in [0.5, 0.6) is 11.5 Å². The Morgan fingerprint density at radius 2 is 1.62 bits per heavy atom. The lowest BCUT2D eigenvalue weighted by atomic mass is 10.1. The van der Waals surface area contributed by atoms with E-state index in [1.165, 1.54) is 0 Å². The van der Waals surface area contributed by atoms with E-state index in [1.54, 1.807) is 20.4 Å². The minimum Gasteiger partial charge on any atom is -0.493 e. The van der Waals surface area contributed by atoms with Gasteiger partial charge in [-0.15, -0.1) is 0 Å². The second-order valence-corrected chi connectivity index (χ2v) is 8.22. The number of anilines is 1. The van der Waals surface area contributed by atoms with E-state index in [9.17, 15) is 4.79 Å². The zero-order chi connectivity index (χ0) is 24.0. The molecule has 0 radical (unpaired) electrons. The van der Waals surface area contributed by atoms with E-state index in [0.29, 0.717) is 24.5 Å². The molecule has 180 valence electrons. The van der Waals surface area contributed by atoms with Crippen LogP contribution in [0.25, 0.3) is 0 Å². The number of benzene rings is 2. The SMILES string of the molecule is COc1ccc(CN(CCCCCCNc2ccccn2)C(=O)Cc2ccccc2)cc1OC. The first-order chi connectivity index (χ1) is 16.7. The summed E-state index contributed by atoms with van der Waals surface area (Å²) < 4.78 is 10.8. The maximum atomic E-state index is 13.2. The molecule has 0 saturated carbocycles. The van der Waals surface area contributed by atoms with Crippen LogP contribution in [-0.2, 0) is 17.8 Å². The van der Waals surface area contributed by atoms with Crippen LogP contribution in [-0.4, -0.2) is 43.1 Å². The summed E-state index contributed by atoms with van der Waals surface area (Å²) in [4.78, 5) is 19.4. The first-order valence-corrected chi connectivity index (χ1v) is 11.9. The Kier molecular flexibility index (Phi) is 10.2. The van der Waals surface area contributed by atoms with Gasteiger partial charge in [0, 0.05) is 25.8 Å². The molecule has 1 amide bonds. The number of hydrogen-bond acceptors (Lipinski definition) is 5. The standard InChI is InChI=1S/C28H35N3O3/c1-33-25-16-15-24(20-26(25)34-2)22-31(28(32)21-23-12-6-5-7-13-23)19-11-4-3-9-17-29-27-14-8-10-18-30-27/h5-8,10,12-16,18,20H,3-4,9,11,17,19,21-22H2,1-2H3,(H,29,30). The van der Waals surface area contributed by atoms with Gasteiger partial charge in [0.15, 0.2) is 11.5 Å². The van der Waals surface area contributed by atoms with Gasteiger partial charge in [-0.3, -0.25) is 4.79 Å². The number of nitrogens with zero attached hydrogens (tertiary/aromatic N) is 2.